The number of aryl methyl sites for hydroxylation is 1. The number of likely N-dealkylation sites (N-methyl/N-ethyl adjacent to an activating group) is 1. The highest BCUT2D eigenvalue weighted by molar-refractivity contribution is 5.83. The Labute approximate surface area is 228 Å². The van der Waals surface area contributed by atoms with E-state index in [-0.39, 0.29) is 34.7 Å². The van der Waals surface area contributed by atoms with Crippen LogP contribution in [-0.2, 0) is 13.0 Å². The molecule has 0 saturated carbocycles. The predicted octanol–water partition coefficient (Wildman–Crippen LogP) is 4.94. The Kier molecular flexibility index (Phi) is 6.19. The molecule has 2 fully saturated rings. The third-order valence-electron chi connectivity index (χ3n) is 8.52. The first-order valence-electron chi connectivity index (χ1n) is 13.5. The van der Waals surface area contributed by atoms with E-state index in [1.807, 2.05) is 12.1 Å². The van der Waals surface area contributed by atoms with Crippen LogP contribution >= 0.6 is 0 Å². The third kappa shape index (κ3) is 4.39. The van der Waals surface area contributed by atoms with Crippen LogP contribution in [0.1, 0.15) is 36.7 Å². The number of alkyl halides is 2. The van der Waals surface area contributed by atoms with E-state index >= 15 is 4.39 Å². The summed E-state index contributed by atoms with van der Waals surface area (Å²) in [6.45, 7) is 2.93. The fourth-order valence-corrected chi connectivity index (χ4v) is 6.45. The van der Waals surface area contributed by atoms with Crippen LogP contribution in [0, 0.1) is 11.6 Å². The molecule has 7 rings (SSSR count). The second-order valence-corrected chi connectivity index (χ2v) is 11.0. The predicted molar refractivity (Wildman–Crippen MR) is 141 cm³/mol. The molecule has 1 aromatic carbocycles. The van der Waals surface area contributed by atoms with Crippen LogP contribution in [0.5, 0.6) is 0 Å². The van der Waals surface area contributed by atoms with E-state index < -0.39 is 24.1 Å². The monoisotopic (exact) mass is 552 g/mol. The van der Waals surface area contributed by atoms with Crippen molar-refractivity contribution >= 4 is 22.8 Å². The number of pyridine rings is 1. The Balaban J connectivity index is 1.11. The molecular formula is C28H28F4N8. The molecule has 3 aromatic heterocycles. The lowest BCUT2D eigenvalue weighted by molar-refractivity contribution is 0.0837. The van der Waals surface area contributed by atoms with Crippen molar-refractivity contribution in [2.24, 2.45) is 0 Å². The average Bonchev–Trinajstić information content (AvgIpc) is 3.56. The zero-order chi connectivity index (χ0) is 27.5. The van der Waals surface area contributed by atoms with Crippen LogP contribution in [0.3, 0.4) is 0 Å². The van der Waals surface area contributed by atoms with Gasteiger partial charge in [0.05, 0.1) is 17.8 Å². The van der Waals surface area contributed by atoms with Gasteiger partial charge in [0.2, 0.25) is 5.95 Å². The van der Waals surface area contributed by atoms with Crippen molar-refractivity contribution in [1.82, 2.24) is 34.3 Å². The zero-order valence-corrected chi connectivity index (χ0v) is 21.9. The number of imidazole rings is 1. The normalized spacial score (nSPS) is 22.9. The van der Waals surface area contributed by atoms with Crippen molar-refractivity contribution in [3.8, 4) is 11.3 Å². The van der Waals surface area contributed by atoms with E-state index in [1.165, 1.54) is 23.5 Å². The van der Waals surface area contributed by atoms with E-state index in [0.717, 1.165) is 37.5 Å². The van der Waals surface area contributed by atoms with Gasteiger partial charge in [-0.1, -0.05) is 6.07 Å². The van der Waals surface area contributed by atoms with Crippen molar-refractivity contribution in [3.05, 3.63) is 59.7 Å². The van der Waals surface area contributed by atoms with Gasteiger partial charge in [-0.05, 0) is 50.1 Å². The minimum atomic E-state index is -2.62. The van der Waals surface area contributed by atoms with Crippen molar-refractivity contribution in [3.63, 3.8) is 0 Å². The summed E-state index contributed by atoms with van der Waals surface area (Å²) in [4.78, 5) is 21.9. The number of piperazine rings is 1. The summed E-state index contributed by atoms with van der Waals surface area (Å²) in [5.41, 5.74) is 1.24. The molecule has 3 atom stereocenters. The number of hydrogen-bond donors (Lipinski definition) is 1. The molecule has 0 amide bonds. The maximum absolute atomic E-state index is 15.0. The van der Waals surface area contributed by atoms with E-state index in [9.17, 15) is 13.2 Å². The summed E-state index contributed by atoms with van der Waals surface area (Å²) in [5, 5.41) is 2.98. The summed E-state index contributed by atoms with van der Waals surface area (Å²) >= 11 is 0. The number of rotatable bonds is 6. The number of benzene rings is 1. The lowest BCUT2D eigenvalue weighted by Gasteiger charge is -2.38. The first kappa shape index (κ1) is 25.3. The van der Waals surface area contributed by atoms with Gasteiger partial charge in [-0.2, -0.15) is 0 Å². The molecule has 208 valence electrons. The van der Waals surface area contributed by atoms with Gasteiger partial charge in [-0.15, -0.1) is 0 Å². The highest BCUT2D eigenvalue weighted by Gasteiger charge is 2.37. The van der Waals surface area contributed by atoms with Crippen LogP contribution < -0.4 is 5.32 Å². The second kappa shape index (κ2) is 9.77. The smallest absolute Gasteiger partial charge is 0.259 e. The van der Waals surface area contributed by atoms with Crippen LogP contribution in [-0.4, -0.2) is 72.9 Å². The number of halogens is 4. The Morgan fingerprint density at radius 3 is 2.50 bits per heavy atom. The molecule has 2 unspecified atom stereocenters. The topological polar surface area (TPSA) is 75.0 Å². The first-order valence-corrected chi connectivity index (χ1v) is 13.5. The number of nitrogens with one attached hydrogen (secondary N) is 1. The van der Waals surface area contributed by atoms with Gasteiger partial charge < -0.3 is 9.88 Å². The molecule has 3 aliphatic rings. The van der Waals surface area contributed by atoms with Crippen LogP contribution in [0.15, 0.2) is 36.7 Å². The van der Waals surface area contributed by atoms with Gasteiger partial charge >= 0.3 is 0 Å². The van der Waals surface area contributed by atoms with Crippen molar-refractivity contribution in [2.75, 3.05) is 25.5 Å². The standard InChI is InChI=1S/C28H28F4N8/c1-38-17-3-4-18(38)14-39(13-17)12-15-2-6-23(33-10-15)35-28-34-11-20(30)25(37-28)16-8-19(29)26-22(9-16)40-21(27(31)32)5-7-24(40)36-26/h2,6,8-11,17-18,21,27H,3-5,7,12-14H2,1H3,(H,33,34,35,37)/t17?,18?,21-/m0/s1. The van der Waals surface area contributed by atoms with E-state index in [2.05, 4.69) is 42.1 Å². The Morgan fingerprint density at radius 1 is 0.975 bits per heavy atom. The number of fused-ring (bicyclic) bond motifs is 5. The molecule has 12 heteroatoms. The van der Waals surface area contributed by atoms with Gasteiger partial charge in [0, 0.05) is 49.9 Å². The fourth-order valence-electron chi connectivity index (χ4n) is 6.45. The van der Waals surface area contributed by atoms with Gasteiger partial charge in [-0.25, -0.2) is 37.5 Å². The molecule has 1 N–H and O–H groups in total. The first-order chi connectivity index (χ1) is 19.3. The molecule has 3 aliphatic heterocycles. The molecule has 40 heavy (non-hydrogen) atoms. The summed E-state index contributed by atoms with van der Waals surface area (Å²) in [6.07, 6.45) is 3.23. The minimum absolute atomic E-state index is 0.00886. The lowest BCUT2D eigenvalue weighted by Crippen LogP contribution is -2.51. The molecular weight excluding hydrogens is 524 g/mol. The maximum atomic E-state index is 15.0. The third-order valence-corrected chi connectivity index (χ3v) is 8.52. The van der Waals surface area contributed by atoms with Crippen molar-refractivity contribution in [1.29, 1.82) is 0 Å². The minimum Gasteiger partial charge on any atom is -0.319 e. The SMILES string of the molecule is CN1C2CCC1CN(Cc1ccc(Nc3ncc(F)c(-c4cc(F)c5nc6n(c5c4)[C@H](C(F)F)CC6)n3)nc1)C2. The second-order valence-electron chi connectivity index (χ2n) is 11.0. The number of anilines is 2. The summed E-state index contributed by atoms with van der Waals surface area (Å²) < 4.78 is 58.5. The summed E-state index contributed by atoms with van der Waals surface area (Å²) in [6, 6.07) is 6.53. The Bertz CT molecular complexity index is 1560. The lowest BCUT2D eigenvalue weighted by atomic mass is 10.1. The maximum Gasteiger partial charge on any atom is 0.259 e. The van der Waals surface area contributed by atoms with Crippen molar-refractivity contribution < 1.29 is 17.6 Å². The molecule has 2 saturated heterocycles. The van der Waals surface area contributed by atoms with Gasteiger partial charge in [0.15, 0.2) is 11.6 Å². The summed E-state index contributed by atoms with van der Waals surface area (Å²) in [7, 11) is 2.21. The van der Waals surface area contributed by atoms with E-state index in [1.54, 1.807) is 6.20 Å². The Morgan fingerprint density at radius 2 is 1.77 bits per heavy atom. The molecule has 0 spiro atoms. The molecule has 0 aliphatic carbocycles. The Hall–Kier alpha value is -3.64. The average molecular weight is 553 g/mol. The summed E-state index contributed by atoms with van der Waals surface area (Å²) in [5.74, 6) is -0.524. The molecule has 0 radical (unpaired) electrons. The molecule has 4 aromatic rings. The van der Waals surface area contributed by atoms with Crippen LogP contribution in [0.25, 0.3) is 22.3 Å². The van der Waals surface area contributed by atoms with E-state index in [0.29, 0.717) is 30.1 Å². The molecule has 6 heterocycles. The fraction of sp³-hybridized carbons (Fsp3) is 0.429. The van der Waals surface area contributed by atoms with Crippen LogP contribution in [0.4, 0.5) is 29.3 Å². The highest BCUT2D eigenvalue weighted by Crippen LogP contribution is 2.37. The van der Waals surface area contributed by atoms with Crippen molar-refractivity contribution in [2.45, 2.75) is 56.8 Å². The quantitative estimate of drug-likeness (QED) is 0.340. The molecule has 2 bridgehead atoms. The zero-order valence-electron chi connectivity index (χ0n) is 21.9. The van der Waals surface area contributed by atoms with Gasteiger partial charge in [0.1, 0.15) is 22.9 Å². The molecule has 8 nitrogen and oxygen atoms in total. The van der Waals surface area contributed by atoms with Gasteiger partial charge in [-0.3, -0.25) is 9.80 Å². The van der Waals surface area contributed by atoms with E-state index in [4.69, 9.17) is 0 Å². The number of aromatic nitrogens is 5. The highest BCUT2D eigenvalue weighted by atomic mass is 19.3. The largest absolute Gasteiger partial charge is 0.319 e. The number of likely N-dealkylation sites (tertiary alicyclic amines) is 1. The van der Waals surface area contributed by atoms with Crippen LogP contribution in [0.2, 0.25) is 0 Å². The number of nitrogens with zero attached hydrogens (tertiary/aromatic N) is 7. The van der Waals surface area contributed by atoms with Gasteiger partial charge in [0.25, 0.3) is 6.43 Å². The number of hydrogen-bond acceptors (Lipinski definition) is 7.